The van der Waals surface area contributed by atoms with Crippen LogP contribution in [0.3, 0.4) is 0 Å². The van der Waals surface area contributed by atoms with Gasteiger partial charge in [0, 0.05) is 12.8 Å². The molecular formula is C41H70O5. The van der Waals surface area contributed by atoms with E-state index in [4.69, 9.17) is 9.47 Å². The highest BCUT2D eigenvalue weighted by Crippen LogP contribution is 2.11. The Morgan fingerprint density at radius 1 is 0.500 bits per heavy atom. The molecule has 0 radical (unpaired) electrons. The lowest BCUT2D eigenvalue weighted by Gasteiger charge is -2.15. The number of carbonyl (C=O) groups is 2. The Morgan fingerprint density at radius 2 is 0.870 bits per heavy atom. The van der Waals surface area contributed by atoms with Gasteiger partial charge in [-0.1, -0.05) is 132 Å². The second-order valence-electron chi connectivity index (χ2n) is 12.3. The van der Waals surface area contributed by atoms with Gasteiger partial charge in [-0.25, -0.2) is 0 Å². The number of aliphatic hydroxyl groups is 1. The fourth-order valence-corrected chi connectivity index (χ4v) is 4.88. The maximum absolute atomic E-state index is 12.1. The minimum atomic E-state index is -0.790. The van der Waals surface area contributed by atoms with E-state index >= 15 is 0 Å². The van der Waals surface area contributed by atoms with Gasteiger partial charge in [0.25, 0.3) is 0 Å². The standard InChI is InChI=1S/C41H70O5/c1-3-5-7-9-11-13-15-17-19-20-22-24-26-28-30-32-34-36-41(44)46-39(37-42)38-45-40(43)35-33-31-29-27-25-23-21-18-16-14-12-10-8-6-4-2/h11-14,17-19,21-22,24,39,42H,3-10,15-16,20,23,25-38H2,1-2H3/b13-11-,14-12-,19-17-,21-18-,24-22-/t39-/m0/s1. The Bertz CT molecular complexity index is 823. The summed E-state index contributed by atoms with van der Waals surface area (Å²) in [7, 11) is 0. The Kier molecular flexibility index (Phi) is 35.1. The highest BCUT2D eigenvalue weighted by molar-refractivity contribution is 5.70. The summed E-state index contributed by atoms with van der Waals surface area (Å²) < 4.78 is 10.6. The summed E-state index contributed by atoms with van der Waals surface area (Å²) in [6.07, 6.45) is 47.0. The molecule has 5 heteroatoms. The monoisotopic (exact) mass is 643 g/mol. The van der Waals surface area contributed by atoms with Crippen LogP contribution >= 0.6 is 0 Å². The van der Waals surface area contributed by atoms with Crippen LogP contribution in [0.4, 0.5) is 0 Å². The number of unbranched alkanes of at least 4 members (excludes halogenated alkanes) is 15. The van der Waals surface area contributed by atoms with Crippen LogP contribution in [0.5, 0.6) is 0 Å². The first-order chi connectivity index (χ1) is 22.6. The number of hydrogen-bond donors (Lipinski definition) is 1. The molecule has 1 N–H and O–H groups in total. The molecule has 0 aromatic heterocycles. The van der Waals surface area contributed by atoms with Gasteiger partial charge >= 0.3 is 11.9 Å². The molecule has 0 unspecified atom stereocenters. The average molecular weight is 643 g/mol. The summed E-state index contributed by atoms with van der Waals surface area (Å²) in [6.45, 7) is 4.04. The van der Waals surface area contributed by atoms with Crippen molar-refractivity contribution in [1.82, 2.24) is 0 Å². The van der Waals surface area contributed by atoms with Crippen molar-refractivity contribution in [2.45, 2.75) is 174 Å². The van der Waals surface area contributed by atoms with E-state index in [-0.39, 0.29) is 25.2 Å². The lowest BCUT2D eigenvalue weighted by molar-refractivity contribution is -0.161. The number of rotatable bonds is 33. The molecule has 46 heavy (non-hydrogen) atoms. The van der Waals surface area contributed by atoms with E-state index in [9.17, 15) is 14.7 Å². The Hall–Kier alpha value is -2.40. The topological polar surface area (TPSA) is 72.8 Å². The molecule has 0 aliphatic rings. The fraction of sp³-hybridized carbons (Fsp3) is 0.707. The van der Waals surface area contributed by atoms with Gasteiger partial charge < -0.3 is 14.6 Å². The van der Waals surface area contributed by atoms with Gasteiger partial charge in [-0.15, -0.1) is 0 Å². The van der Waals surface area contributed by atoms with Crippen molar-refractivity contribution in [3.63, 3.8) is 0 Å². The van der Waals surface area contributed by atoms with E-state index < -0.39 is 6.10 Å². The van der Waals surface area contributed by atoms with E-state index in [1.54, 1.807) is 0 Å². The van der Waals surface area contributed by atoms with Gasteiger partial charge in [-0.05, 0) is 83.5 Å². The molecule has 0 saturated heterocycles. The molecule has 0 aromatic rings. The molecule has 0 heterocycles. The van der Waals surface area contributed by atoms with Crippen LogP contribution < -0.4 is 0 Å². The van der Waals surface area contributed by atoms with Crippen LogP contribution in [0.25, 0.3) is 0 Å². The molecule has 5 nitrogen and oxygen atoms in total. The lowest BCUT2D eigenvalue weighted by atomic mass is 10.1. The van der Waals surface area contributed by atoms with Crippen LogP contribution in [0.15, 0.2) is 60.8 Å². The zero-order valence-corrected chi connectivity index (χ0v) is 29.8. The molecule has 0 aliphatic heterocycles. The van der Waals surface area contributed by atoms with Gasteiger partial charge in [0.1, 0.15) is 6.61 Å². The molecular weight excluding hydrogens is 572 g/mol. The number of carbonyl (C=O) groups excluding carboxylic acids is 2. The average Bonchev–Trinajstić information content (AvgIpc) is 3.06. The number of allylic oxidation sites excluding steroid dienone is 10. The van der Waals surface area contributed by atoms with Crippen molar-refractivity contribution < 1.29 is 24.2 Å². The molecule has 0 rings (SSSR count). The quantitative estimate of drug-likeness (QED) is 0.0438. The first kappa shape index (κ1) is 43.6. The molecule has 1 atom stereocenters. The van der Waals surface area contributed by atoms with Crippen molar-refractivity contribution >= 4 is 11.9 Å². The number of hydrogen-bond acceptors (Lipinski definition) is 5. The highest BCUT2D eigenvalue weighted by Gasteiger charge is 2.16. The summed E-state index contributed by atoms with van der Waals surface area (Å²) in [6, 6.07) is 0. The summed E-state index contributed by atoms with van der Waals surface area (Å²) in [5, 5.41) is 9.53. The van der Waals surface area contributed by atoms with Crippen LogP contribution in [-0.4, -0.2) is 36.4 Å². The SMILES string of the molecule is CCCCC/C=C\C/C=C\C/C=C\CCCCCCC(=O)O[C@@H](CO)COC(=O)CCCCCCC/C=C\C/C=C\CCCCC. The van der Waals surface area contributed by atoms with Crippen LogP contribution in [0, 0.1) is 0 Å². The summed E-state index contributed by atoms with van der Waals surface area (Å²) in [5.41, 5.74) is 0. The Balaban J connectivity index is 3.66. The van der Waals surface area contributed by atoms with Crippen molar-refractivity contribution in [2.24, 2.45) is 0 Å². The molecule has 0 fully saturated rings. The van der Waals surface area contributed by atoms with Crippen LogP contribution in [0.1, 0.15) is 168 Å². The molecule has 0 amide bonds. The zero-order chi connectivity index (χ0) is 33.6. The van der Waals surface area contributed by atoms with Gasteiger partial charge in [-0.2, -0.15) is 0 Å². The van der Waals surface area contributed by atoms with E-state index in [1.807, 2.05) is 0 Å². The predicted octanol–water partition coefficient (Wildman–Crippen LogP) is 11.6. The largest absolute Gasteiger partial charge is 0.462 e. The third-order valence-electron chi connectivity index (χ3n) is 7.78. The second kappa shape index (κ2) is 37.1. The minimum Gasteiger partial charge on any atom is -0.462 e. The predicted molar refractivity (Wildman–Crippen MR) is 196 cm³/mol. The van der Waals surface area contributed by atoms with Gasteiger partial charge in [-0.3, -0.25) is 9.59 Å². The van der Waals surface area contributed by atoms with E-state index in [1.165, 1.54) is 64.2 Å². The maximum atomic E-state index is 12.1. The first-order valence-electron chi connectivity index (χ1n) is 18.8. The van der Waals surface area contributed by atoms with Crippen molar-refractivity contribution in [2.75, 3.05) is 13.2 Å². The lowest BCUT2D eigenvalue weighted by Crippen LogP contribution is -2.28. The molecule has 264 valence electrons. The van der Waals surface area contributed by atoms with Crippen LogP contribution in [0.2, 0.25) is 0 Å². The summed E-state index contributed by atoms with van der Waals surface area (Å²) in [4.78, 5) is 24.2. The minimum absolute atomic E-state index is 0.0847. The molecule has 0 aliphatic carbocycles. The van der Waals surface area contributed by atoms with Gasteiger partial charge in [0.15, 0.2) is 6.10 Å². The third-order valence-corrected chi connectivity index (χ3v) is 7.78. The van der Waals surface area contributed by atoms with Crippen molar-refractivity contribution in [1.29, 1.82) is 0 Å². The first-order valence-corrected chi connectivity index (χ1v) is 18.8. The number of esters is 2. The highest BCUT2D eigenvalue weighted by atomic mass is 16.6. The smallest absolute Gasteiger partial charge is 0.306 e. The maximum Gasteiger partial charge on any atom is 0.306 e. The van der Waals surface area contributed by atoms with Gasteiger partial charge in [0.2, 0.25) is 0 Å². The van der Waals surface area contributed by atoms with Crippen LogP contribution in [-0.2, 0) is 19.1 Å². The van der Waals surface area contributed by atoms with E-state index in [0.29, 0.717) is 12.8 Å². The second-order valence-corrected chi connectivity index (χ2v) is 12.3. The molecule has 0 spiro atoms. The molecule has 0 aromatic carbocycles. The van der Waals surface area contributed by atoms with Crippen molar-refractivity contribution in [3.8, 4) is 0 Å². The number of ether oxygens (including phenoxy) is 2. The Morgan fingerprint density at radius 3 is 1.30 bits per heavy atom. The number of aliphatic hydroxyl groups excluding tert-OH is 1. The van der Waals surface area contributed by atoms with E-state index in [2.05, 4.69) is 74.6 Å². The summed E-state index contributed by atoms with van der Waals surface area (Å²) in [5.74, 6) is -0.637. The molecule has 0 bridgehead atoms. The fourth-order valence-electron chi connectivity index (χ4n) is 4.88. The Labute approximate surface area is 283 Å². The van der Waals surface area contributed by atoms with E-state index in [0.717, 1.165) is 77.0 Å². The summed E-state index contributed by atoms with van der Waals surface area (Å²) >= 11 is 0. The van der Waals surface area contributed by atoms with Crippen molar-refractivity contribution in [3.05, 3.63) is 60.8 Å². The van der Waals surface area contributed by atoms with Gasteiger partial charge in [0.05, 0.1) is 6.61 Å². The third kappa shape index (κ3) is 34.5. The molecule has 0 saturated carbocycles. The zero-order valence-electron chi connectivity index (χ0n) is 29.8. The normalized spacial score (nSPS) is 12.8.